The third kappa shape index (κ3) is 3.24. The van der Waals surface area contributed by atoms with Crippen molar-refractivity contribution in [1.82, 2.24) is 9.88 Å². The summed E-state index contributed by atoms with van der Waals surface area (Å²) in [5, 5.41) is 0. The van der Waals surface area contributed by atoms with Crippen LogP contribution in [0.25, 0.3) is 0 Å². The highest BCUT2D eigenvalue weighted by atomic mass is 19.1. The van der Waals surface area contributed by atoms with Crippen LogP contribution >= 0.6 is 0 Å². The van der Waals surface area contributed by atoms with Crippen molar-refractivity contribution in [2.75, 3.05) is 0 Å². The highest BCUT2D eigenvalue weighted by molar-refractivity contribution is 6.06. The van der Waals surface area contributed by atoms with Crippen LogP contribution in [-0.2, 0) is 16.9 Å². The third-order valence-corrected chi connectivity index (χ3v) is 4.35. The molecule has 2 atom stereocenters. The number of halogens is 1. The predicted molar refractivity (Wildman–Crippen MR) is 96.1 cm³/mol. The number of amides is 1. The van der Waals surface area contributed by atoms with Crippen LogP contribution in [0.5, 0.6) is 5.75 Å². The van der Waals surface area contributed by atoms with E-state index in [0.717, 1.165) is 11.3 Å². The van der Waals surface area contributed by atoms with E-state index in [1.54, 1.807) is 38.2 Å². The van der Waals surface area contributed by atoms with Gasteiger partial charge in [0.15, 0.2) is 11.5 Å². The molecule has 3 rings (SSSR count). The SMILES string of the molecule is Cc1cc(C2(C)N=C(N)N(Cc3ccccn3)C2=O)ccc1OC(C)F. The van der Waals surface area contributed by atoms with Crippen molar-refractivity contribution in [3.05, 3.63) is 59.4 Å². The molecule has 2 aromatic rings. The number of carbonyl (C=O) groups is 1. The quantitative estimate of drug-likeness (QED) is 0.893. The Morgan fingerprint density at radius 3 is 2.73 bits per heavy atom. The number of nitrogens with zero attached hydrogens (tertiary/aromatic N) is 3. The van der Waals surface area contributed by atoms with Crippen molar-refractivity contribution in [2.24, 2.45) is 10.7 Å². The number of hydrogen-bond donors (Lipinski definition) is 1. The molecule has 136 valence electrons. The van der Waals surface area contributed by atoms with Crippen molar-refractivity contribution >= 4 is 11.9 Å². The van der Waals surface area contributed by atoms with E-state index in [-0.39, 0.29) is 18.4 Å². The summed E-state index contributed by atoms with van der Waals surface area (Å²) in [7, 11) is 0. The first-order chi connectivity index (χ1) is 12.3. The second-order valence-corrected chi connectivity index (χ2v) is 6.40. The first-order valence-electron chi connectivity index (χ1n) is 8.30. The van der Waals surface area contributed by atoms with Gasteiger partial charge in [0, 0.05) is 13.1 Å². The Hall–Kier alpha value is -2.96. The van der Waals surface area contributed by atoms with Gasteiger partial charge < -0.3 is 10.5 Å². The third-order valence-electron chi connectivity index (χ3n) is 4.35. The minimum absolute atomic E-state index is 0.151. The maximum Gasteiger partial charge on any atom is 0.262 e. The fourth-order valence-corrected chi connectivity index (χ4v) is 2.96. The molecule has 0 aliphatic carbocycles. The Balaban J connectivity index is 1.88. The Bertz CT molecular complexity index is 854. The fourth-order valence-electron chi connectivity index (χ4n) is 2.96. The summed E-state index contributed by atoms with van der Waals surface area (Å²) in [6.07, 6.45) is 0.252. The number of alkyl halides is 1. The summed E-state index contributed by atoms with van der Waals surface area (Å²) < 4.78 is 18.2. The summed E-state index contributed by atoms with van der Waals surface area (Å²) in [5.41, 5.74) is 7.00. The summed E-state index contributed by atoms with van der Waals surface area (Å²) in [4.78, 5) is 23.1. The molecule has 1 amide bonds. The van der Waals surface area contributed by atoms with Crippen molar-refractivity contribution in [3.63, 3.8) is 0 Å². The van der Waals surface area contributed by atoms with Crippen molar-refractivity contribution < 1.29 is 13.9 Å². The molecule has 7 heteroatoms. The van der Waals surface area contributed by atoms with Crippen LogP contribution in [0.4, 0.5) is 4.39 Å². The van der Waals surface area contributed by atoms with Crippen LogP contribution in [0.3, 0.4) is 0 Å². The molecular formula is C19H21FN4O2. The Morgan fingerprint density at radius 2 is 2.12 bits per heavy atom. The zero-order valence-electron chi connectivity index (χ0n) is 14.9. The van der Waals surface area contributed by atoms with E-state index < -0.39 is 11.9 Å². The smallest absolute Gasteiger partial charge is 0.262 e. The summed E-state index contributed by atoms with van der Waals surface area (Å²) in [6.45, 7) is 5.08. The number of aliphatic imine (C=N–C) groups is 1. The maximum atomic E-state index is 13.1. The topological polar surface area (TPSA) is 80.8 Å². The number of nitrogens with two attached hydrogens (primary N) is 1. The second-order valence-electron chi connectivity index (χ2n) is 6.40. The van der Waals surface area contributed by atoms with Crippen LogP contribution in [0, 0.1) is 6.92 Å². The summed E-state index contributed by atoms with van der Waals surface area (Å²) in [5.74, 6) is 0.353. The Labute approximate surface area is 151 Å². The highest BCUT2D eigenvalue weighted by Gasteiger charge is 2.45. The van der Waals surface area contributed by atoms with Gasteiger partial charge in [-0.2, -0.15) is 0 Å². The summed E-state index contributed by atoms with van der Waals surface area (Å²) in [6, 6.07) is 10.6. The average molecular weight is 356 g/mol. The second kappa shape index (κ2) is 6.74. The lowest BCUT2D eigenvalue weighted by atomic mass is 9.91. The molecule has 0 bridgehead atoms. The largest absolute Gasteiger partial charge is 0.460 e. The van der Waals surface area contributed by atoms with Gasteiger partial charge in [0.05, 0.1) is 12.2 Å². The number of carbonyl (C=O) groups excluding carboxylic acids is 1. The number of hydrogen-bond acceptors (Lipinski definition) is 5. The minimum atomic E-state index is -1.41. The van der Waals surface area contributed by atoms with Gasteiger partial charge in [0.25, 0.3) is 5.91 Å². The van der Waals surface area contributed by atoms with Gasteiger partial charge in [-0.3, -0.25) is 14.7 Å². The number of pyridine rings is 1. The molecule has 0 spiro atoms. The normalized spacial score (nSPS) is 20.8. The van der Waals surface area contributed by atoms with Gasteiger partial charge in [-0.1, -0.05) is 12.1 Å². The summed E-state index contributed by atoms with van der Waals surface area (Å²) >= 11 is 0. The average Bonchev–Trinajstić information content (AvgIpc) is 2.81. The monoisotopic (exact) mass is 356 g/mol. The molecular weight excluding hydrogens is 335 g/mol. The molecule has 0 saturated carbocycles. The zero-order valence-corrected chi connectivity index (χ0v) is 14.9. The number of rotatable bonds is 5. The molecule has 2 unspecified atom stereocenters. The van der Waals surface area contributed by atoms with E-state index >= 15 is 0 Å². The molecule has 1 aromatic heterocycles. The standard InChI is InChI=1S/C19H21FN4O2/c1-12-10-14(7-8-16(12)26-13(2)20)19(3)17(25)24(18(21)23-19)11-15-6-4-5-9-22-15/h4-10,13H,11H2,1-3H3,(H2,21,23). The van der Waals surface area contributed by atoms with E-state index in [2.05, 4.69) is 9.98 Å². The Morgan fingerprint density at radius 1 is 1.35 bits per heavy atom. The van der Waals surface area contributed by atoms with Gasteiger partial charge in [-0.25, -0.2) is 9.38 Å². The molecule has 26 heavy (non-hydrogen) atoms. The lowest BCUT2D eigenvalue weighted by Gasteiger charge is -2.23. The molecule has 0 saturated heterocycles. The lowest BCUT2D eigenvalue weighted by molar-refractivity contribution is -0.131. The predicted octanol–water partition coefficient (Wildman–Crippen LogP) is 2.66. The van der Waals surface area contributed by atoms with Crippen LogP contribution in [-0.4, -0.2) is 28.1 Å². The number of aromatic nitrogens is 1. The van der Waals surface area contributed by atoms with Crippen LogP contribution in [0.2, 0.25) is 0 Å². The molecule has 2 heterocycles. The number of ether oxygens (including phenoxy) is 1. The van der Waals surface area contributed by atoms with Crippen LogP contribution in [0.1, 0.15) is 30.7 Å². The van der Waals surface area contributed by atoms with Gasteiger partial charge in [-0.05, 0) is 49.2 Å². The number of benzene rings is 1. The van der Waals surface area contributed by atoms with Gasteiger partial charge in [0.2, 0.25) is 6.36 Å². The van der Waals surface area contributed by atoms with Gasteiger partial charge >= 0.3 is 0 Å². The van der Waals surface area contributed by atoms with E-state index in [1.165, 1.54) is 11.8 Å². The first kappa shape index (κ1) is 17.8. The van der Waals surface area contributed by atoms with Gasteiger partial charge in [-0.15, -0.1) is 0 Å². The molecule has 0 radical (unpaired) electrons. The van der Waals surface area contributed by atoms with E-state index in [0.29, 0.717) is 11.3 Å². The van der Waals surface area contributed by atoms with Crippen molar-refractivity contribution in [1.29, 1.82) is 0 Å². The van der Waals surface area contributed by atoms with E-state index in [1.807, 2.05) is 18.2 Å². The molecule has 6 nitrogen and oxygen atoms in total. The maximum absolute atomic E-state index is 13.1. The number of aryl methyl sites for hydroxylation is 1. The van der Waals surface area contributed by atoms with Gasteiger partial charge in [0.1, 0.15) is 5.75 Å². The Kier molecular flexibility index (Phi) is 4.63. The molecule has 1 aliphatic rings. The molecule has 2 N–H and O–H groups in total. The lowest BCUT2D eigenvalue weighted by Crippen LogP contribution is -2.41. The van der Waals surface area contributed by atoms with Crippen molar-refractivity contribution in [2.45, 2.75) is 39.2 Å². The van der Waals surface area contributed by atoms with Crippen molar-refractivity contribution in [3.8, 4) is 5.75 Å². The minimum Gasteiger partial charge on any atom is -0.460 e. The van der Waals surface area contributed by atoms with E-state index in [9.17, 15) is 9.18 Å². The highest BCUT2D eigenvalue weighted by Crippen LogP contribution is 2.35. The molecule has 1 aliphatic heterocycles. The molecule has 0 fully saturated rings. The van der Waals surface area contributed by atoms with Crippen LogP contribution in [0.15, 0.2) is 47.6 Å². The molecule has 1 aromatic carbocycles. The first-order valence-corrected chi connectivity index (χ1v) is 8.30. The zero-order chi connectivity index (χ0) is 18.9. The van der Waals surface area contributed by atoms with E-state index in [4.69, 9.17) is 10.5 Å². The number of guanidine groups is 1. The fraction of sp³-hybridized carbons (Fsp3) is 0.316. The van der Waals surface area contributed by atoms with Crippen LogP contribution < -0.4 is 10.5 Å².